The first-order valence-corrected chi connectivity index (χ1v) is 15.7. The third-order valence-electron chi connectivity index (χ3n) is 9.08. The molecule has 6 aromatic carbocycles. The van der Waals surface area contributed by atoms with Gasteiger partial charge in [-0.1, -0.05) is 166 Å². The van der Waals surface area contributed by atoms with E-state index in [-0.39, 0.29) is 5.41 Å². The van der Waals surface area contributed by atoms with E-state index < -0.39 is 0 Å². The number of anilines is 2. The number of benzene rings is 6. The Bertz CT molecular complexity index is 2080. The summed E-state index contributed by atoms with van der Waals surface area (Å²) in [4.78, 5) is 2.47. The monoisotopic (exact) mass is 579 g/mol. The minimum Gasteiger partial charge on any atom is -0.309 e. The van der Waals surface area contributed by atoms with Crippen molar-refractivity contribution < 1.29 is 0 Å². The van der Waals surface area contributed by atoms with E-state index in [0.29, 0.717) is 0 Å². The number of fused-ring (bicyclic) bond motifs is 5. The summed E-state index contributed by atoms with van der Waals surface area (Å²) < 4.78 is 0. The zero-order valence-corrected chi connectivity index (χ0v) is 26.2. The Morgan fingerprint density at radius 3 is 1.91 bits per heavy atom. The molecule has 1 heteroatoms. The fraction of sp³-hybridized carbons (Fsp3) is 0.0909. The third-order valence-corrected chi connectivity index (χ3v) is 9.08. The van der Waals surface area contributed by atoms with Crippen LogP contribution in [0.15, 0.2) is 164 Å². The quantitative estimate of drug-likeness (QED) is 0.134. The summed E-state index contributed by atoms with van der Waals surface area (Å²) in [7, 11) is 0. The van der Waals surface area contributed by atoms with Crippen LogP contribution in [0.4, 0.5) is 11.4 Å². The summed E-state index contributed by atoms with van der Waals surface area (Å²) in [5.41, 5.74) is 13.3. The van der Waals surface area contributed by atoms with E-state index in [0.717, 1.165) is 33.8 Å². The van der Waals surface area contributed by atoms with E-state index in [1.165, 1.54) is 38.6 Å². The zero-order valence-electron chi connectivity index (χ0n) is 26.2. The minimum absolute atomic E-state index is 0.153. The highest BCUT2D eigenvalue weighted by Crippen LogP contribution is 2.55. The maximum absolute atomic E-state index is 4.02. The van der Waals surface area contributed by atoms with Crippen LogP contribution in [0.2, 0.25) is 0 Å². The molecule has 0 heterocycles. The Kier molecular flexibility index (Phi) is 7.31. The zero-order chi connectivity index (χ0) is 31.0. The van der Waals surface area contributed by atoms with Gasteiger partial charge in [-0.25, -0.2) is 0 Å². The second kappa shape index (κ2) is 11.6. The van der Waals surface area contributed by atoms with Crippen molar-refractivity contribution in [3.05, 3.63) is 192 Å². The summed E-state index contributed by atoms with van der Waals surface area (Å²) in [5.74, 6) is 0. The van der Waals surface area contributed by atoms with E-state index in [1.807, 2.05) is 12.2 Å². The van der Waals surface area contributed by atoms with Gasteiger partial charge < -0.3 is 4.90 Å². The van der Waals surface area contributed by atoms with Crippen LogP contribution in [0.25, 0.3) is 33.2 Å². The lowest BCUT2D eigenvalue weighted by Gasteiger charge is -2.33. The topological polar surface area (TPSA) is 3.24 Å². The average Bonchev–Trinajstić information content (AvgIpc) is 3.31. The van der Waals surface area contributed by atoms with Gasteiger partial charge in [-0.05, 0) is 63.9 Å². The molecule has 0 aliphatic heterocycles. The molecule has 6 aromatic rings. The van der Waals surface area contributed by atoms with E-state index in [1.54, 1.807) is 0 Å². The van der Waals surface area contributed by atoms with Gasteiger partial charge >= 0.3 is 0 Å². The first-order chi connectivity index (χ1) is 22.0. The number of aryl methyl sites for hydroxylation is 1. The van der Waals surface area contributed by atoms with Crippen molar-refractivity contribution in [1.82, 2.24) is 0 Å². The molecule has 7 rings (SSSR count). The van der Waals surface area contributed by atoms with Gasteiger partial charge in [0.1, 0.15) is 0 Å². The Balaban J connectivity index is 1.64. The molecule has 0 saturated heterocycles. The number of para-hydroxylation sites is 1. The van der Waals surface area contributed by atoms with Crippen LogP contribution in [-0.2, 0) is 5.41 Å². The maximum atomic E-state index is 4.02. The highest BCUT2D eigenvalue weighted by Gasteiger charge is 2.38. The third kappa shape index (κ3) is 4.91. The second-order valence-electron chi connectivity index (χ2n) is 12.3. The van der Waals surface area contributed by atoms with Crippen molar-refractivity contribution in [1.29, 1.82) is 0 Å². The summed E-state index contributed by atoms with van der Waals surface area (Å²) in [6.07, 6.45) is 6.08. The summed E-state index contributed by atoms with van der Waals surface area (Å²) in [6, 6.07) is 50.6. The van der Waals surface area contributed by atoms with Gasteiger partial charge in [0.05, 0.1) is 11.4 Å². The lowest BCUT2D eigenvalue weighted by Crippen LogP contribution is -2.20. The largest absolute Gasteiger partial charge is 0.309 e. The van der Waals surface area contributed by atoms with E-state index in [9.17, 15) is 0 Å². The molecule has 0 radical (unpaired) electrons. The van der Waals surface area contributed by atoms with Crippen LogP contribution in [-0.4, -0.2) is 0 Å². The van der Waals surface area contributed by atoms with Crippen molar-refractivity contribution in [2.24, 2.45) is 0 Å². The Hall–Kier alpha value is -5.40. The molecule has 0 N–H and O–H groups in total. The predicted molar refractivity (Wildman–Crippen MR) is 194 cm³/mol. The van der Waals surface area contributed by atoms with Crippen LogP contribution < -0.4 is 4.90 Å². The molecular formula is C44H37N. The molecule has 1 aliphatic rings. The molecule has 1 nitrogen and oxygen atoms in total. The smallest absolute Gasteiger partial charge is 0.0612 e. The highest BCUT2D eigenvalue weighted by molar-refractivity contribution is 6.13. The van der Waals surface area contributed by atoms with Crippen molar-refractivity contribution in [3.8, 4) is 11.1 Å². The number of allylic oxidation sites excluding steroid dienone is 4. The van der Waals surface area contributed by atoms with Crippen molar-refractivity contribution in [3.63, 3.8) is 0 Å². The normalized spacial score (nSPS) is 13.8. The van der Waals surface area contributed by atoms with Gasteiger partial charge in [-0.3, -0.25) is 0 Å². The van der Waals surface area contributed by atoms with Gasteiger partial charge in [-0.15, -0.1) is 0 Å². The van der Waals surface area contributed by atoms with Crippen LogP contribution >= 0.6 is 0 Å². The standard InChI is InChI=1S/C44H37N/c1-5-6-24-35(32-18-10-7-11-19-32)43(33-20-12-8-13-21-33)45(34-22-14-9-15-23-34)41-30-40-42(37-26-17-16-25-36(37)41)38-28-27-31(2)29-39(38)44(40,3)4/h5-30H,1H2,2-4H3/b24-6-,43-35?. The molecular weight excluding hydrogens is 542 g/mol. The van der Waals surface area contributed by atoms with Crippen LogP contribution in [0.1, 0.15) is 41.7 Å². The minimum atomic E-state index is -0.153. The van der Waals surface area contributed by atoms with Gasteiger partial charge in [0.15, 0.2) is 0 Å². The first-order valence-electron chi connectivity index (χ1n) is 15.7. The molecule has 0 aromatic heterocycles. The molecule has 0 fully saturated rings. The lowest BCUT2D eigenvalue weighted by molar-refractivity contribution is 0.660. The van der Waals surface area contributed by atoms with Gasteiger partial charge in [0.2, 0.25) is 0 Å². The molecule has 218 valence electrons. The van der Waals surface area contributed by atoms with Crippen LogP contribution in [0.5, 0.6) is 0 Å². The molecule has 0 saturated carbocycles. The Morgan fingerprint density at radius 2 is 1.24 bits per heavy atom. The number of nitrogens with zero attached hydrogens (tertiary/aromatic N) is 1. The highest BCUT2D eigenvalue weighted by atomic mass is 15.2. The molecule has 0 spiro atoms. The summed E-state index contributed by atoms with van der Waals surface area (Å²) in [6.45, 7) is 11.0. The van der Waals surface area contributed by atoms with Crippen molar-refractivity contribution in [2.45, 2.75) is 26.2 Å². The van der Waals surface area contributed by atoms with Crippen LogP contribution in [0, 0.1) is 6.92 Å². The summed E-state index contributed by atoms with van der Waals surface area (Å²) in [5, 5.41) is 2.50. The molecule has 45 heavy (non-hydrogen) atoms. The lowest BCUT2D eigenvalue weighted by atomic mass is 9.81. The first kappa shape index (κ1) is 28.4. The van der Waals surface area contributed by atoms with Gasteiger partial charge in [-0.2, -0.15) is 0 Å². The Labute approximate surface area is 267 Å². The Morgan fingerprint density at radius 1 is 0.644 bits per heavy atom. The van der Waals surface area contributed by atoms with Gasteiger partial charge in [0, 0.05) is 22.1 Å². The van der Waals surface area contributed by atoms with Gasteiger partial charge in [0.25, 0.3) is 0 Å². The molecule has 0 amide bonds. The number of rotatable bonds is 7. The van der Waals surface area contributed by atoms with Crippen molar-refractivity contribution >= 4 is 33.4 Å². The average molecular weight is 580 g/mol. The molecule has 0 atom stereocenters. The van der Waals surface area contributed by atoms with E-state index >= 15 is 0 Å². The fourth-order valence-corrected chi connectivity index (χ4v) is 6.92. The summed E-state index contributed by atoms with van der Waals surface area (Å²) >= 11 is 0. The number of hydrogen-bond acceptors (Lipinski definition) is 1. The van der Waals surface area contributed by atoms with E-state index in [2.05, 4.69) is 178 Å². The van der Waals surface area contributed by atoms with E-state index in [4.69, 9.17) is 0 Å². The van der Waals surface area contributed by atoms with Crippen LogP contribution in [0.3, 0.4) is 0 Å². The number of hydrogen-bond donors (Lipinski definition) is 0. The predicted octanol–water partition coefficient (Wildman–Crippen LogP) is 11.9. The fourth-order valence-electron chi connectivity index (χ4n) is 6.92. The molecule has 0 unspecified atom stereocenters. The maximum Gasteiger partial charge on any atom is 0.0612 e. The van der Waals surface area contributed by atoms with Crippen molar-refractivity contribution in [2.75, 3.05) is 4.90 Å². The molecule has 0 bridgehead atoms. The molecule has 1 aliphatic carbocycles. The SMILES string of the molecule is C=C/C=C\C(=C(c1ccccc1)N(c1ccccc1)c1cc2c(c3ccccc13)-c1ccc(C)cc1C2(C)C)c1ccccc1. The second-order valence-corrected chi connectivity index (χ2v) is 12.3.